The van der Waals surface area contributed by atoms with Crippen molar-refractivity contribution in [1.29, 1.82) is 5.26 Å². The van der Waals surface area contributed by atoms with Gasteiger partial charge in [-0.05, 0) is 31.5 Å². The zero-order valence-corrected chi connectivity index (χ0v) is 11.3. The van der Waals surface area contributed by atoms with Crippen LogP contribution in [0.2, 0.25) is 0 Å². The lowest BCUT2D eigenvalue weighted by atomic mass is 10.1. The van der Waals surface area contributed by atoms with Crippen LogP contribution in [0.15, 0.2) is 41.4 Å². The standard InChI is InChI=1S/C15H14N2S/c1-11-6-12(2)8-13(7-11)10-18-15-5-3-4-14(9-16)17-15/h3-8H,10H2,1-2H3. The number of rotatable bonds is 3. The van der Waals surface area contributed by atoms with Gasteiger partial charge >= 0.3 is 0 Å². The summed E-state index contributed by atoms with van der Waals surface area (Å²) in [7, 11) is 0. The van der Waals surface area contributed by atoms with Gasteiger partial charge in [0.05, 0.1) is 5.03 Å². The van der Waals surface area contributed by atoms with Gasteiger partial charge in [-0.3, -0.25) is 0 Å². The average molecular weight is 254 g/mol. The molecule has 90 valence electrons. The summed E-state index contributed by atoms with van der Waals surface area (Å²) in [6.07, 6.45) is 0. The minimum Gasteiger partial charge on any atom is -0.231 e. The van der Waals surface area contributed by atoms with E-state index >= 15 is 0 Å². The second-order valence-corrected chi connectivity index (χ2v) is 5.25. The third kappa shape index (κ3) is 3.35. The van der Waals surface area contributed by atoms with Crippen molar-refractivity contribution in [2.24, 2.45) is 0 Å². The first-order chi connectivity index (χ1) is 8.67. The SMILES string of the molecule is Cc1cc(C)cc(CSc2cccc(C#N)n2)c1. The Morgan fingerprint density at radius 3 is 2.56 bits per heavy atom. The zero-order valence-electron chi connectivity index (χ0n) is 10.5. The van der Waals surface area contributed by atoms with Crippen molar-refractivity contribution in [3.05, 3.63) is 58.8 Å². The Balaban J connectivity index is 2.09. The minimum absolute atomic E-state index is 0.473. The topological polar surface area (TPSA) is 36.7 Å². The molecule has 18 heavy (non-hydrogen) atoms. The van der Waals surface area contributed by atoms with Crippen molar-refractivity contribution in [1.82, 2.24) is 4.98 Å². The van der Waals surface area contributed by atoms with Gasteiger partial charge in [0.25, 0.3) is 0 Å². The molecule has 0 aliphatic heterocycles. The molecule has 0 unspecified atom stereocenters. The van der Waals surface area contributed by atoms with Gasteiger partial charge in [-0.15, -0.1) is 11.8 Å². The van der Waals surface area contributed by atoms with Crippen LogP contribution in [0.1, 0.15) is 22.4 Å². The molecule has 1 heterocycles. The summed E-state index contributed by atoms with van der Waals surface area (Å²) < 4.78 is 0. The summed E-state index contributed by atoms with van der Waals surface area (Å²) in [5.41, 5.74) is 4.33. The molecule has 0 aliphatic carbocycles. The van der Waals surface area contributed by atoms with E-state index in [9.17, 15) is 0 Å². The molecule has 0 saturated carbocycles. The van der Waals surface area contributed by atoms with Gasteiger partial charge in [0.15, 0.2) is 0 Å². The third-order valence-corrected chi connectivity index (χ3v) is 3.51. The van der Waals surface area contributed by atoms with Crippen molar-refractivity contribution in [3.8, 4) is 6.07 Å². The maximum Gasteiger partial charge on any atom is 0.141 e. The van der Waals surface area contributed by atoms with E-state index in [0.717, 1.165) is 10.8 Å². The summed E-state index contributed by atoms with van der Waals surface area (Å²) in [4.78, 5) is 4.25. The maximum atomic E-state index is 8.80. The monoisotopic (exact) mass is 254 g/mol. The van der Waals surface area contributed by atoms with E-state index in [2.05, 4.69) is 43.1 Å². The highest BCUT2D eigenvalue weighted by molar-refractivity contribution is 7.98. The van der Waals surface area contributed by atoms with Crippen LogP contribution < -0.4 is 0 Å². The van der Waals surface area contributed by atoms with Crippen LogP contribution in [0.5, 0.6) is 0 Å². The number of aryl methyl sites for hydroxylation is 2. The minimum atomic E-state index is 0.473. The molecule has 2 rings (SSSR count). The normalized spacial score (nSPS) is 10.1. The molecule has 0 bridgehead atoms. The molecule has 0 radical (unpaired) electrons. The molecule has 2 aromatic rings. The molecule has 1 aromatic heterocycles. The van der Waals surface area contributed by atoms with Crippen molar-refractivity contribution in [2.45, 2.75) is 24.6 Å². The van der Waals surface area contributed by atoms with Gasteiger partial charge in [0.2, 0.25) is 0 Å². The predicted octanol–water partition coefficient (Wildman–Crippen LogP) is 3.86. The van der Waals surface area contributed by atoms with Gasteiger partial charge in [0.1, 0.15) is 11.8 Å². The fraction of sp³-hybridized carbons (Fsp3) is 0.200. The number of thioether (sulfide) groups is 1. The van der Waals surface area contributed by atoms with Gasteiger partial charge in [-0.1, -0.05) is 35.4 Å². The summed E-state index contributed by atoms with van der Waals surface area (Å²) >= 11 is 1.66. The van der Waals surface area contributed by atoms with Crippen molar-refractivity contribution < 1.29 is 0 Å². The van der Waals surface area contributed by atoms with Crippen LogP contribution in [-0.2, 0) is 5.75 Å². The first-order valence-electron chi connectivity index (χ1n) is 5.74. The first-order valence-corrected chi connectivity index (χ1v) is 6.73. The van der Waals surface area contributed by atoms with Gasteiger partial charge in [-0.2, -0.15) is 5.26 Å². The van der Waals surface area contributed by atoms with Gasteiger partial charge in [-0.25, -0.2) is 4.98 Å². The number of pyridine rings is 1. The average Bonchev–Trinajstić information content (AvgIpc) is 2.35. The molecule has 0 saturated heterocycles. The van der Waals surface area contributed by atoms with E-state index in [0.29, 0.717) is 5.69 Å². The molecule has 0 spiro atoms. The predicted molar refractivity (Wildman–Crippen MR) is 74.4 cm³/mol. The van der Waals surface area contributed by atoms with Crippen molar-refractivity contribution in [3.63, 3.8) is 0 Å². The third-order valence-electron chi connectivity index (χ3n) is 2.51. The number of hydrogen-bond acceptors (Lipinski definition) is 3. The Morgan fingerprint density at radius 1 is 1.17 bits per heavy atom. The van der Waals surface area contributed by atoms with E-state index in [-0.39, 0.29) is 0 Å². The fourth-order valence-corrected chi connectivity index (χ4v) is 2.69. The molecule has 3 heteroatoms. The second kappa shape index (κ2) is 5.70. The van der Waals surface area contributed by atoms with Crippen molar-refractivity contribution >= 4 is 11.8 Å². The molecular formula is C15H14N2S. The molecule has 0 N–H and O–H groups in total. The Hall–Kier alpha value is -1.79. The van der Waals surface area contributed by atoms with Crippen LogP contribution in [0.25, 0.3) is 0 Å². The van der Waals surface area contributed by atoms with Crippen LogP contribution in [-0.4, -0.2) is 4.98 Å². The lowest BCUT2D eigenvalue weighted by molar-refractivity contribution is 1.10. The quantitative estimate of drug-likeness (QED) is 0.780. The Labute approximate surface area is 112 Å². The lowest BCUT2D eigenvalue weighted by Crippen LogP contribution is -1.88. The fourth-order valence-electron chi connectivity index (χ4n) is 1.87. The lowest BCUT2D eigenvalue weighted by Gasteiger charge is -2.04. The van der Waals surface area contributed by atoms with Gasteiger partial charge < -0.3 is 0 Å². The summed E-state index contributed by atoms with van der Waals surface area (Å²) in [6, 6.07) is 14.1. The van der Waals surface area contributed by atoms with E-state index < -0.39 is 0 Å². The first kappa shape index (κ1) is 12.7. The molecule has 0 atom stereocenters. The van der Waals surface area contributed by atoms with Crippen molar-refractivity contribution in [2.75, 3.05) is 0 Å². The number of nitriles is 1. The van der Waals surface area contributed by atoms with E-state index in [1.54, 1.807) is 17.8 Å². The van der Waals surface area contributed by atoms with Crippen LogP contribution in [0.4, 0.5) is 0 Å². The summed E-state index contributed by atoms with van der Waals surface area (Å²) in [5.74, 6) is 0.879. The smallest absolute Gasteiger partial charge is 0.141 e. The highest BCUT2D eigenvalue weighted by Gasteiger charge is 2.00. The molecule has 0 amide bonds. The maximum absolute atomic E-state index is 8.80. The molecule has 0 fully saturated rings. The molecule has 1 aromatic carbocycles. The summed E-state index contributed by atoms with van der Waals surface area (Å²) in [5, 5.41) is 9.69. The molecule has 2 nitrogen and oxygen atoms in total. The van der Waals surface area contributed by atoms with Crippen LogP contribution in [0.3, 0.4) is 0 Å². The summed E-state index contributed by atoms with van der Waals surface area (Å²) in [6.45, 7) is 4.21. The molecule has 0 aliphatic rings. The second-order valence-electron chi connectivity index (χ2n) is 4.26. The van der Waals surface area contributed by atoms with E-state index in [4.69, 9.17) is 5.26 Å². The van der Waals surface area contributed by atoms with Crippen LogP contribution >= 0.6 is 11.8 Å². The van der Waals surface area contributed by atoms with Crippen LogP contribution in [0, 0.1) is 25.2 Å². The highest BCUT2D eigenvalue weighted by Crippen LogP contribution is 2.22. The zero-order chi connectivity index (χ0) is 13.0. The van der Waals surface area contributed by atoms with E-state index in [1.165, 1.54) is 16.7 Å². The van der Waals surface area contributed by atoms with E-state index in [1.807, 2.05) is 12.1 Å². The largest absolute Gasteiger partial charge is 0.231 e. The highest BCUT2D eigenvalue weighted by atomic mass is 32.2. The number of aromatic nitrogens is 1. The molecular weight excluding hydrogens is 240 g/mol. The van der Waals surface area contributed by atoms with Gasteiger partial charge in [0, 0.05) is 5.75 Å². The number of hydrogen-bond donors (Lipinski definition) is 0. The Bertz CT molecular complexity index is 579. The number of nitrogens with zero attached hydrogens (tertiary/aromatic N) is 2. The Morgan fingerprint density at radius 2 is 1.89 bits per heavy atom. The Kier molecular flexibility index (Phi) is 4.01. The number of benzene rings is 1.